The van der Waals surface area contributed by atoms with Crippen LogP contribution in [0, 0.1) is 0 Å². The Hall–Kier alpha value is -1.04. The second-order valence-corrected chi connectivity index (χ2v) is 5.93. The lowest BCUT2D eigenvalue weighted by molar-refractivity contribution is -0.144. The van der Waals surface area contributed by atoms with E-state index in [4.69, 9.17) is 0 Å². The van der Waals surface area contributed by atoms with Crippen molar-refractivity contribution in [2.75, 3.05) is 19.1 Å². The average molecular weight is 301 g/mol. The summed E-state index contributed by atoms with van der Waals surface area (Å²) in [6, 6.07) is -0.773. The molecule has 0 aromatic rings. The van der Waals surface area contributed by atoms with Crippen molar-refractivity contribution in [1.82, 2.24) is 10.3 Å². The van der Waals surface area contributed by atoms with E-state index in [0.717, 1.165) is 12.5 Å². The highest BCUT2D eigenvalue weighted by Crippen LogP contribution is 1.88. The standard InChI is InChI=1S/C7H15N3O6S2/c1-6(7(11)15-2)9-16-17(12)5-4-8-10-18(3,13)14/h4,6,9-10H,5H2,1-3H3/b8-4-. The number of methoxy groups -OCH3 is 1. The molecule has 0 saturated carbocycles. The van der Waals surface area contributed by atoms with Gasteiger partial charge in [0.2, 0.25) is 10.0 Å². The summed E-state index contributed by atoms with van der Waals surface area (Å²) in [4.78, 5) is 12.8. The predicted octanol–water partition coefficient (Wildman–Crippen LogP) is -1.73. The Morgan fingerprint density at radius 3 is 2.67 bits per heavy atom. The average Bonchev–Trinajstić information content (AvgIpc) is 2.29. The van der Waals surface area contributed by atoms with E-state index >= 15 is 0 Å². The van der Waals surface area contributed by atoms with E-state index in [2.05, 4.69) is 19.6 Å². The maximum atomic E-state index is 11.2. The molecule has 0 aliphatic carbocycles. The lowest BCUT2D eigenvalue weighted by Crippen LogP contribution is -2.35. The van der Waals surface area contributed by atoms with Crippen LogP contribution < -0.4 is 10.3 Å². The summed E-state index contributed by atoms with van der Waals surface area (Å²) < 4.78 is 41.4. The van der Waals surface area contributed by atoms with Gasteiger partial charge in [-0.05, 0) is 6.92 Å². The zero-order chi connectivity index (χ0) is 14.2. The summed E-state index contributed by atoms with van der Waals surface area (Å²) in [5, 5.41) is 3.31. The Morgan fingerprint density at radius 1 is 1.56 bits per heavy atom. The second kappa shape index (κ2) is 8.13. The van der Waals surface area contributed by atoms with Crippen LogP contribution in [-0.4, -0.2) is 50.0 Å². The number of rotatable bonds is 8. The Kier molecular flexibility index (Phi) is 7.66. The first-order valence-corrected chi connectivity index (χ1v) is 7.77. The molecule has 0 aliphatic rings. The minimum Gasteiger partial charge on any atom is -0.468 e. The van der Waals surface area contributed by atoms with Crippen LogP contribution >= 0.6 is 0 Å². The van der Waals surface area contributed by atoms with Gasteiger partial charge in [-0.25, -0.2) is 17.5 Å². The molecule has 0 spiro atoms. The first-order chi connectivity index (χ1) is 8.26. The monoisotopic (exact) mass is 301 g/mol. The van der Waals surface area contributed by atoms with E-state index in [1.165, 1.54) is 14.0 Å². The third-order valence-electron chi connectivity index (χ3n) is 1.39. The van der Waals surface area contributed by atoms with E-state index in [1.54, 1.807) is 0 Å². The smallest absolute Gasteiger partial charge is 0.324 e. The number of nitrogens with zero attached hydrogens (tertiary/aromatic N) is 1. The molecule has 0 heterocycles. The van der Waals surface area contributed by atoms with Gasteiger partial charge in [0, 0.05) is 6.21 Å². The maximum Gasteiger partial charge on any atom is 0.324 e. The van der Waals surface area contributed by atoms with Gasteiger partial charge in [0.15, 0.2) is 11.1 Å². The Balaban J connectivity index is 3.89. The molecule has 0 saturated heterocycles. The second-order valence-electron chi connectivity index (χ2n) is 3.09. The van der Waals surface area contributed by atoms with E-state index < -0.39 is 33.1 Å². The highest BCUT2D eigenvalue weighted by molar-refractivity contribution is 7.88. The number of hydrogen-bond acceptors (Lipinski definition) is 8. The third-order valence-corrected chi connectivity index (χ3v) is 2.53. The van der Waals surface area contributed by atoms with Crippen molar-refractivity contribution in [2.45, 2.75) is 13.0 Å². The molecule has 0 aliphatic heterocycles. The quantitative estimate of drug-likeness (QED) is 0.310. The summed E-state index contributed by atoms with van der Waals surface area (Å²) in [6.45, 7) is 1.46. The van der Waals surface area contributed by atoms with Gasteiger partial charge in [0.1, 0.15) is 6.04 Å². The number of ether oxygens (including phenoxy) is 1. The molecule has 0 rings (SSSR count). The van der Waals surface area contributed by atoms with E-state index in [-0.39, 0.29) is 5.75 Å². The van der Waals surface area contributed by atoms with Crippen molar-refractivity contribution in [3.63, 3.8) is 0 Å². The molecule has 0 aromatic heterocycles. The molecule has 9 nitrogen and oxygen atoms in total. The molecule has 0 aromatic carbocycles. The number of carbonyl (C=O) groups is 1. The van der Waals surface area contributed by atoms with Crippen LogP contribution in [0.3, 0.4) is 0 Å². The summed E-state index contributed by atoms with van der Waals surface area (Å²) >= 11 is -1.79. The number of hydroxylamine groups is 1. The Bertz CT molecular complexity index is 421. The number of sulfonamides is 1. The van der Waals surface area contributed by atoms with E-state index in [9.17, 15) is 17.4 Å². The van der Waals surface area contributed by atoms with Crippen LogP contribution in [0.15, 0.2) is 5.10 Å². The molecule has 11 heteroatoms. The SMILES string of the molecule is COC(=O)C(C)NOS(=O)C/C=N\NS(C)(=O)=O. The summed E-state index contributed by atoms with van der Waals surface area (Å²) in [5.74, 6) is -0.719. The first-order valence-electron chi connectivity index (χ1n) is 4.63. The maximum absolute atomic E-state index is 11.2. The molecule has 2 atom stereocenters. The fourth-order valence-corrected chi connectivity index (χ4v) is 1.40. The van der Waals surface area contributed by atoms with Crippen molar-refractivity contribution < 1.29 is 26.4 Å². The molecule has 0 amide bonds. The van der Waals surface area contributed by atoms with Crippen LogP contribution in [0.1, 0.15) is 6.92 Å². The van der Waals surface area contributed by atoms with Gasteiger partial charge in [-0.15, -0.1) is 0 Å². The fourth-order valence-electron chi connectivity index (χ4n) is 0.616. The lowest BCUT2D eigenvalue weighted by atomic mass is 10.4. The van der Waals surface area contributed by atoms with Gasteiger partial charge >= 0.3 is 5.97 Å². The molecule has 0 bridgehead atoms. The van der Waals surface area contributed by atoms with Gasteiger partial charge in [-0.1, -0.05) is 0 Å². The zero-order valence-electron chi connectivity index (χ0n) is 10.1. The number of hydrogen-bond donors (Lipinski definition) is 2. The van der Waals surface area contributed by atoms with Crippen molar-refractivity contribution >= 4 is 33.3 Å². The van der Waals surface area contributed by atoms with E-state index in [1.807, 2.05) is 4.83 Å². The highest BCUT2D eigenvalue weighted by Gasteiger charge is 2.13. The summed E-state index contributed by atoms with van der Waals surface area (Å²) in [5.41, 5.74) is 2.22. The van der Waals surface area contributed by atoms with Crippen molar-refractivity contribution in [1.29, 1.82) is 0 Å². The largest absolute Gasteiger partial charge is 0.468 e. The minimum absolute atomic E-state index is 0.149. The minimum atomic E-state index is -3.43. The summed E-state index contributed by atoms with van der Waals surface area (Å²) in [6.07, 6.45) is 2.00. The summed E-state index contributed by atoms with van der Waals surface area (Å²) in [7, 11) is -2.22. The van der Waals surface area contributed by atoms with Crippen LogP contribution in [0.5, 0.6) is 0 Å². The number of esters is 1. The fraction of sp³-hybridized carbons (Fsp3) is 0.714. The number of carbonyl (C=O) groups excluding carboxylic acids is 1. The molecule has 0 fully saturated rings. The van der Waals surface area contributed by atoms with Crippen LogP contribution in [0.25, 0.3) is 0 Å². The molecule has 2 unspecified atom stereocenters. The van der Waals surface area contributed by atoms with Crippen molar-refractivity contribution in [3.05, 3.63) is 0 Å². The van der Waals surface area contributed by atoms with Crippen LogP contribution in [0.4, 0.5) is 0 Å². The first kappa shape index (κ1) is 17.0. The molecule has 106 valence electrons. The number of hydrazone groups is 1. The van der Waals surface area contributed by atoms with E-state index in [0.29, 0.717) is 0 Å². The van der Waals surface area contributed by atoms with Crippen LogP contribution in [0.2, 0.25) is 0 Å². The molecular formula is C7H15N3O6S2. The van der Waals surface area contributed by atoms with Gasteiger partial charge in [0.05, 0.1) is 19.1 Å². The molecule has 18 heavy (non-hydrogen) atoms. The molecule has 2 N–H and O–H groups in total. The molecule has 0 radical (unpaired) electrons. The van der Waals surface area contributed by atoms with Gasteiger partial charge < -0.3 is 4.74 Å². The highest BCUT2D eigenvalue weighted by atomic mass is 32.2. The topological polar surface area (TPSA) is 123 Å². The van der Waals surface area contributed by atoms with Gasteiger partial charge in [-0.3, -0.25) is 4.79 Å². The lowest BCUT2D eigenvalue weighted by Gasteiger charge is -2.09. The van der Waals surface area contributed by atoms with Crippen molar-refractivity contribution in [2.24, 2.45) is 5.10 Å². The Labute approximate surface area is 108 Å². The predicted molar refractivity (Wildman–Crippen MR) is 65.2 cm³/mol. The van der Waals surface area contributed by atoms with Crippen LogP contribution in [-0.2, 0) is 34.9 Å². The zero-order valence-corrected chi connectivity index (χ0v) is 11.7. The Morgan fingerprint density at radius 2 is 2.17 bits per heavy atom. The molecular weight excluding hydrogens is 286 g/mol. The number of nitrogens with one attached hydrogen (secondary N) is 2. The normalized spacial score (nSPS) is 15.3. The van der Waals surface area contributed by atoms with Gasteiger partial charge in [0.25, 0.3) is 0 Å². The van der Waals surface area contributed by atoms with Crippen molar-refractivity contribution in [3.8, 4) is 0 Å². The van der Waals surface area contributed by atoms with Gasteiger partial charge in [-0.2, -0.15) is 14.9 Å². The third kappa shape index (κ3) is 9.04.